The zero-order chi connectivity index (χ0) is 13.0. The van der Waals surface area contributed by atoms with Crippen LogP contribution in [0.3, 0.4) is 0 Å². The Bertz CT molecular complexity index is 450. The summed E-state index contributed by atoms with van der Waals surface area (Å²) in [5.41, 5.74) is 0.417. The fourth-order valence-corrected chi connectivity index (χ4v) is 2.46. The summed E-state index contributed by atoms with van der Waals surface area (Å²) in [5, 5.41) is 9.68. The maximum absolute atomic E-state index is 11.5. The summed E-state index contributed by atoms with van der Waals surface area (Å²) in [7, 11) is 0. The molecule has 18 heavy (non-hydrogen) atoms. The van der Waals surface area contributed by atoms with Crippen LogP contribution in [0.15, 0.2) is 42.2 Å². The largest absolute Gasteiger partial charge is 0.512 e. The average Bonchev–Trinajstić information content (AvgIpc) is 2.28. The number of hydrogen-bond acceptors (Lipinski definition) is 3. The van der Waals surface area contributed by atoms with E-state index in [9.17, 15) is 9.90 Å². The summed E-state index contributed by atoms with van der Waals surface area (Å²) < 4.78 is 5.51. The van der Waals surface area contributed by atoms with E-state index in [2.05, 4.69) is 0 Å². The lowest BCUT2D eigenvalue weighted by molar-refractivity contribution is -0.158. The lowest BCUT2D eigenvalue weighted by Crippen LogP contribution is -2.39. The van der Waals surface area contributed by atoms with Crippen LogP contribution >= 0.6 is 0 Å². The summed E-state index contributed by atoms with van der Waals surface area (Å²) >= 11 is 0. The molecular weight excluding hydrogens is 228 g/mol. The maximum Gasteiger partial charge on any atom is 0.314 e. The second kappa shape index (κ2) is 5.25. The van der Waals surface area contributed by atoms with Gasteiger partial charge in [-0.25, -0.2) is 0 Å². The second-order valence-electron chi connectivity index (χ2n) is 4.76. The highest BCUT2D eigenvalue weighted by Gasteiger charge is 2.36. The van der Waals surface area contributed by atoms with E-state index in [1.165, 1.54) is 0 Å². The van der Waals surface area contributed by atoms with Crippen LogP contribution in [0.2, 0.25) is 0 Å². The van der Waals surface area contributed by atoms with Crippen LogP contribution in [-0.2, 0) is 16.0 Å². The number of rotatable bonds is 4. The van der Waals surface area contributed by atoms with Gasteiger partial charge in [-0.3, -0.25) is 4.79 Å². The number of ether oxygens (including phenoxy) is 1. The highest BCUT2D eigenvalue weighted by atomic mass is 16.6. The average molecular weight is 246 g/mol. The van der Waals surface area contributed by atoms with Crippen LogP contribution in [0.4, 0.5) is 0 Å². The van der Waals surface area contributed by atoms with Gasteiger partial charge < -0.3 is 9.84 Å². The van der Waals surface area contributed by atoms with E-state index in [1.807, 2.05) is 37.3 Å². The molecule has 1 aromatic carbocycles. The minimum Gasteiger partial charge on any atom is -0.512 e. The molecule has 0 amide bonds. The van der Waals surface area contributed by atoms with E-state index in [4.69, 9.17) is 4.74 Å². The molecule has 0 fully saturated rings. The van der Waals surface area contributed by atoms with Gasteiger partial charge in [0.2, 0.25) is 0 Å². The highest BCUT2D eigenvalue weighted by Crippen LogP contribution is 2.31. The number of benzene rings is 1. The number of carbonyl (C=O) groups is 1. The van der Waals surface area contributed by atoms with E-state index in [1.54, 1.807) is 6.08 Å². The highest BCUT2D eigenvalue weighted by molar-refractivity contribution is 5.74. The smallest absolute Gasteiger partial charge is 0.314 e. The Kier molecular flexibility index (Phi) is 3.70. The predicted octanol–water partition coefficient (Wildman–Crippen LogP) is 3.16. The number of aliphatic hydroxyl groups excluding tert-OH is 1. The van der Waals surface area contributed by atoms with Crippen LogP contribution in [0.1, 0.15) is 31.7 Å². The first kappa shape index (κ1) is 12.7. The number of carbonyl (C=O) groups excluding carboxylic acids is 1. The summed E-state index contributed by atoms with van der Waals surface area (Å²) in [4.78, 5) is 11.5. The van der Waals surface area contributed by atoms with Crippen LogP contribution in [0, 0.1) is 0 Å². The van der Waals surface area contributed by atoms with Crippen molar-refractivity contribution >= 4 is 5.97 Å². The Hall–Kier alpha value is -1.77. The van der Waals surface area contributed by atoms with Crippen molar-refractivity contribution in [1.82, 2.24) is 0 Å². The Morgan fingerprint density at radius 3 is 2.67 bits per heavy atom. The summed E-state index contributed by atoms with van der Waals surface area (Å²) in [6, 6.07) is 9.89. The van der Waals surface area contributed by atoms with E-state index in [-0.39, 0.29) is 18.1 Å². The lowest BCUT2D eigenvalue weighted by atomic mass is 9.87. The zero-order valence-electron chi connectivity index (χ0n) is 10.6. The van der Waals surface area contributed by atoms with Crippen molar-refractivity contribution in [2.75, 3.05) is 0 Å². The van der Waals surface area contributed by atoms with E-state index >= 15 is 0 Å². The molecule has 0 saturated heterocycles. The number of esters is 1. The predicted molar refractivity (Wildman–Crippen MR) is 69.2 cm³/mol. The first-order valence-corrected chi connectivity index (χ1v) is 6.30. The molecular formula is C15H18O3. The minimum absolute atomic E-state index is 0.0136. The molecule has 96 valence electrons. The Balaban J connectivity index is 2.27. The summed E-state index contributed by atoms with van der Waals surface area (Å²) in [6.07, 6.45) is 3.91. The van der Waals surface area contributed by atoms with Crippen LogP contribution in [-0.4, -0.2) is 16.7 Å². The molecule has 0 spiro atoms. The second-order valence-corrected chi connectivity index (χ2v) is 4.76. The molecule has 3 heteroatoms. The first-order chi connectivity index (χ1) is 8.63. The third-order valence-electron chi connectivity index (χ3n) is 3.09. The van der Waals surface area contributed by atoms with Gasteiger partial charge in [0.05, 0.1) is 0 Å². The number of cyclic esters (lactones) is 1. The molecule has 0 aliphatic carbocycles. The van der Waals surface area contributed by atoms with Crippen LogP contribution < -0.4 is 0 Å². The Morgan fingerprint density at radius 2 is 2.06 bits per heavy atom. The van der Waals surface area contributed by atoms with Gasteiger partial charge in [-0.1, -0.05) is 43.7 Å². The normalized spacial score (nSPS) is 23.4. The van der Waals surface area contributed by atoms with Gasteiger partial charge in [0.1, 0.15) is 17.8 Å². The quantitative estimate of drug-likeness (QED) is 0.830. The summed E-state index contributed by atoms with van der Waals surface area (Å²) in [6.45, 7) is 2.04. The van der Waals surface area contributed by atoms with Crippen molar-refractivity contribution in [1.29, 1.82) is 0 Å². The Labute approximate surface area is 107 Å². The summed E-state index contributed by atoms with van der Waals surface area (Å²) in [5.74, 6) is -0.227. The van der Waals surface area contributed by atoms with Gasteiger partial charge in [-0.15, -0.1) is 0 Å². The van der Waals surface area contributed by atoms with Crippen molar-refractivity contribution in [2.45, 2.75) is 38.2 Å². The third-order valence-corrected chi connectivity index (χ3v) is 3.09. The van der Waals surface area contributed by atoms with Gasteiger partial charge in [-0.05, 0) is 18.1 Å². The number of hydrogen-bond donors (Lipinski definition) is 1. The Morgan fingerprint density at radius 1 is 1.33 bits per heavy atom. The minimum atomic E-state index is -0.685. The van der Waals surface area contributed by atoms with Crippen molar-refractivity contribution in [3.8, 4) is 0 Å². The molecule has 0 radical (unpaired) electrons. The van der Waals surface area contributed by atoms with Gasteiger partial charge in [0, 0.05) is 6.42 Å². The molecule has 0 bridgehead atoms. The van der Waals surface area contributed by atoms with E-state index in [0.29, 0.717) is 6.42 Å². The number of aliphatic hydroxyl groups is 1. The van der Waals surface area contributed by atoms with E-state index < -0.39 is 5.60 Å². The molecule has 2 rings (SSSR count). The molecule has 0 saturated carbocycles. The molecule has 1 aromatic rings. The molecule has 1 aliphatic heterocycles. The molecule has 0 aromatic heterocycles. The molecule has 1 heterocycles. The van der Waals surface area contributed by atoms with Gasteiger partial charge >= 0.3 is 5.97 Å². The van der Waals surface area contributed by atoms with Crippen molar-refractivity contribution in [3.63, 3.8) is 0 Å². The van der Waals surface area contributed by atoms with E-state index in [0.717, 1.165) is 18.4 Å². The topological polar surface area (TPSA) is 46.5 Å². The van der Waals surface area contributed by atoms with Crippen LogP contribution in [0.5, 0.6) is 0 Å². The third kappa shape index (κ3) is 2.92. The lowest BCUT2D eigenvalue weighted by Gasteiger charge is -2.33. The zero-order valence-corrected chi connectivity index (χ0v) is 10.6. The van der Waals surface area contributed by atoms with Crippen molar-refractivity contribution in [2.24, 2.45) is 0 Å². The molecule has 1 unspecified atom stereocenters. The van der Waals surface area contributed by atoms with Gasteiger partial charge in [0.25, 0.3) is 0 Å². The fourth-order valence-electron chi connectivity index (χ4n) is 2.46. The standard InChI is InChI=1S/C15H18O3/c1-2-8-15(10-12-6-4-3-5-7-12)11-13(16)9-14(17)18-15/h3-7,11,16H,2,8-10H2,1H3. The molecule has 1 aliphatic rings. The molecule has 1 atom stereocenters. The van der Waals surface area contributed by atoms with Crippen molar-refractivity contribution < 1.29 is 14.6 Å². The van der Waals surface area contributed by atoms with Crippen LogP contribution in [0.25, 0.3) is 0 Å². The van der Waals surface area contributed by atoms with Crippen molar-refractivity contribution in [3.05, 3.63) is 47.7 Å². The fraction of sp³-hybridized carbons (Fsp3) is 0.400. The molecule has 3 nitrogen and oxygen atoms in total. The maximum atomic E-state index is 11.5. The molecule has 1 N–H and O–H groups in total. The monoisotopic (exact) mass is 246 g/mol. The SMILES string of the molecule is CCCC1(Cc2ccccc2)C=C(O)CC(=O)O1. The first-order valence-electron chi connectivity index (χ1n) is 6.30. The van der Waals surface area contributed by atoms with Gasteiger partial charge in [0.15, 0.2) is 0 Å². The van der Waals surface area contributed by atoms with Gasteiger partial charge in [-0.2, -0.15) is 0 Å².